The maximum atomic E-state index is 12.9. The fourth-order valence-electron chi connectivity index (χ4n) is 6.57. The highest BCUT2D eigenvalue weighted by atomic mass is 16.2. The predicted octanol–water partition coefficient (Wildman–Crippen LogP) is 0.661. The first-order chi connectivity index (χ1) is 23.4. The number of carbonyl (C=O) groups excluding carboxylic acids is 4. The summed E-state index contributed by atoms with van der Waals surface area (Å²) in [4.78, 5) is 60.4. The van der Waals surface area contributed by atoms with Gasteiger partial charge < -0.3 is 21.3 Å². The minimum absolute atomic E-state index is 0.0338. The fourth-order valence-corrected chi connectivity index (χ4v) is 6.57. The van der Waals surface area contributed by atoms with Crippen molar-refractivity contribution in [1.82, 2.24) is 40.9 Å². The van der Waals surface area contributed by atoms with Gasteiger partial charge in [-0.25, -0.2) is 0 Å². The topological polar surface area (TPSA) is 129 Å². The van der Waals surface area contributed by atoms with Crippen molar-refractivity contribution in [3.8, 4) is 0 Å². The Morgan fingerprint density at radius 2 is 0.625 bits per heavy atom. The highest BCUT2D eigenvalue weighted by Crippen LogP contribution is 2.14. The van der Waals surface area contributed by atoms with Gasteiger partial charge in [-0.2, -0.15) is 0 Å². The van der Waals surface area contributed by atoms with Crippen LogP contribution in [0.4, 0.5) is 0 Å². The van der Waals surface area contributed by atoms with Gasteiger partial charge in [0.05, 0.1) is 0 Å². The lowest BCUT2D eigenvalue weighted by molar-refractivity contribution is -0.123. The summed E-state index contributed by atoms with van der Waals surface area (Å²) in [5, 5.41) is 12.4. The van der Waals surface area contributed by atoms with Crippen LogP contribution < -0.4 is 21.3 Å². The highest BCUT2D eigenvalue weighted by molar-refractivity contribution is 5.77. The summed E-state index contributed by atoms with van der Waals surface area (Å²) in [6.07, 6.45) is 1.53. The highest BCUT2D eigenvalue weighted by Gasteiger charge is 2.17. The summed E-state index contributed by atoms with van der Waals surface area (Å²) >= 11 is 0. The van der Waals surface area contributed by atoms with E-state index in [9.17, 15) is 19.2 Å². The molecular weight excluding hydrogens is 608 g/mol. The van der Waals surface area contributed by atoms with E-state index in [0.29, 0.717) is 130 Å². The first-order valence-corrected chi connectivity index (χ1v) is 17.5. The molecule has 260 valence electrons. The molecule has 0 radical (unpaired) electrons. The van der Waals surface area contributed by atoms with Crippen LogP contribution in [0.2, 0.25) is 0 Å². The molecule has 2 aromatic rings. The second-order valence-corrected chi connectivity index (χ2v) is 13.1. The van der Waals surface area contributed by atoms with Gasteiger partial charge in [0, 0.05) is 130 Å². The molecular formula is C36H52N8O4. The van der Waals surface area contributed by atoms with Gasteiger partial charge in [-0.15, -0.1) is 0 Å². The molecule has 4 amide bonds. The number of rotatable bonds is 0. The zero-order valence-corrected chi connectivity index (χ0v) is 28.2. The Kier molecular flexibility index (Phi) is 13.8. The molecule has 6 heterocycles. The largest absolute Gasteiger partial charge is 0.355 e. The number of nitrogens with zero attached hydrogens (tertiary/aromatic N) is 4. The van der Waals surface area contributed by atoms with Crippen LogP contribution in [0.25, 0.3) is 0 Å². The van der Waals surface area contributed by atoms with Crippen LogP contribution in [0.15, 0.2) is 48.5 Å². The number of carbonyl (C=O) groups is 4. The molecule has 4 atom stereocenters. The van der Waals surface area contributed by atoms with E-state index < -0.39 is 0 Å². The quantitative estimate of drug-likeness (QED) is 0.325. The first-order valence-electron chi connectivity index (χ1n) is 17.5. The smallest absolute Gasteiger partial charge is 0.221 e. The normalized spacial score (nSPS) is 26.3. The van der Waals surface area contributed by atoms with Crippen molar-refractivity contribution < 1.29 is 19.2 Å². The molecule has 0 aliphatic carbocycles. The molecule has 8 bridgehead atoms. The number of amides is 4. The van der Waals surface area contributed by atoms with E-state index in [2.05, 4.69) is 77.3 Å². The van der Waals surface area contributed by atoms with Crippen molar-refractivity contribution in [2.45, 2.75) is 51.9 Å². The van der Waals surface area contributed by atoms with Crippen LogP contribution >= 0.6 is 0 Å². The van der Waals surface area contributed by atoms with E-state index in [4.69, 9.17) is 0 Å². The van der Waals surface area contributed by atoms with Crippen molar-refractivity contribution in [2.24, 2.45) is 0 Å². The van der Waals surface area contributed by atoms with Gasteiger partial charge in [0.2, 0.25) is 23.6 Å². The Labute approximate surface area is 284 Å². The van der Waals surface area contributed by atoms with E-state index in [-0.39, 0.29) is 23.6 Å². The van der Waals surface area contributed by atoms with Crippen molar-refractivity contribution in [3.63, 3.8) is 0 Å². The zero-order valence-electron chi connectivity index (χ0n) is 28.2. The summed E-state index contributed by atoms with van der Waals surface area (Å²) in [6.45, 7) is 9.55. The minimum atomic E-state index is 0.0338. The lowest BCUT2D eigenvalue weighted by Crippen LogP contribution is -2.41. The minimum Gasteiger partial charge on any atom is -0.355 e. The Balaban J connectivity index is 1.42. The van der Waals surface area contributed by atoms with Crippen LogP contribution in [-0.4, -0.2) is 122 Å². The molecule has 0 aromatic heterocycles. The SMILES string of the molecule is O=C1CCN2CCNC(=O)CCN(CCN1)Cc1cccc(c1)CN1CCNC(=O)CCN(CCNC(=O)CC1)Cc1cccc(c1)C2. The molecule has 6 aliphatic heterocycles. The lowest BCUT2D eigenvalue weighted by atomic mass is 10.1. The van der Waals surface area contributed by atoms with Gasteiger partial charge in [-0.05, 0) is 22.3 Å². The molecule has 4 N–H and O–H groups in total. The third-order valence-electron chi connectivity index (χ3n) is 9.23. The van der Waals surface area contributed by atoms with Crippen LogP contribution in [0.5, 0.6) is 0 Å². The Bertz CT molecular complexity index is 1190. The summed E-state index contributed by atoms with van der Waals surface area (Å²) in [5.41, 5.74) is 4.50. The van der Waals surface area contributed by atoms with E-state index in [1.54, 1.807) is 0 Å². The number of nitrogens with one attached hydrogen (secondary N) is 4. The molecule has 12 nitrogen and oxygen atoms in total. The summed E-state index contributed by atoms with van der Waals surface area (Å²) in [7, 11) is 0. The predicted molar refractivity (Wildman–Crippen MR) is 184 cm³/mol. The van der Waals surface area contributed by atoms with Gasteiger partial charge >= 0.3 is 0 Å². The second-order valence-electron chi connectivity index (χ2n) is 13.1. The average Bonchev–Trinajstić information content (AvgIpc) is 3.06. The summed E-state index contributed by atoms with van der Waals surface area (Å²) < 4.78 is 0. The molecule has 2 saturated heterocycles. The fraction of sp³-hybridized carbons (Fsp3) is 0.556. The second kappa shape index (κ2) is 18.6. The average molecular weight is 661 g/mol. The number of hydrogen-bond acceptors (Lipinski definition) is 8. The van der Waals surface area contributed by atoms with Gasteiger partial charge in [0.1, 0.15) is 0 Å². The molecule has 2 fully saturated rings. The van der Waals surface area contributed by atoms with E-state index in [1.165, 1.54) is 0 Å². The third-order valence-corrected chi connectivity index (χ3v) is 9.23. The van der Waals surface area contributed by atoms with Crippen molar-refractivity contribution in [1.29, 1.82) is 0 Å². The number of benzene rings is 2. The molecule has 2 aromatic carbocycles. The third kappa shape index (κ3) is 12.3. The van der Waals surface area contributed by atoms with E-state index in [1.807, 2.05) is 12.1 Å². The molecule has 48 heavy (non-hydrogen) atoms. The number of hydrogen-bond donors (Lipinski definition) is 4. The monoisotopic (exact) mass is 660 g/mol. The summed E-state index contributed by atoms with van der Waals surface area (Å²) in [6, 6.07) is 16.8. The van der Waals surface area contributed by atoms with Gasteiger partial charge in [0.15, 0.2) is 0 Å². The van der Waals surface area contributed by atoms with E-state index in [0.717, 1.165) is 22.3 Å². The zero-order chi connectivity index (χ0) is 33.6. The Hall–Kier alpha value is -3.84. The molecule has 4 unspecified atom stereocenters. The van der Waals surface area contributed by atoms with Crippen molar-refractivity contribution in [3.05, 3.63) is 70.8 Å². The van der Waals surface area contributed by atoms with Crippen LogP contribution in [0, 0.1) is 0 Å². The summed E-state index contributed by atoms with van der Waals surface area (Å²) in [5.74, 6) is 0.135. The molecule has 8 rings (SSSR count). The maximum absolute atomic E-state index is 12.9. The van der Waals surface area contributed by atoms with Crippen LogP contribution in [0.1, 0.15) is 47.9 Å². The Morgan fingerprint density at radius 1 is 0.375 bits per heavy atom. The molecule has 0 saturated carbocycles. The van der Waals surface area contributed by atoms with Crippen LogP contribution in [-0.2, 0) is 45.4 Å². The first kappa shape index (κ1) is 35.5. The Morgan fingerprint density at radius 3 is 0.875 bits per heavy atom. The standard InChI is InChI=1S/C36H52N8O4/c45-33-7-15-41-19-11-37-35(47)9-17-43(21-13-39-33)27-31-5-2-6-32(24-31)28-44-18-10-36(48)38-12-20-42(16-8-34(46)40-14-22-44)26-30-4-1-3-29(23-30)25-41/h1-6,23-24H,7-22,25-28H2,(H,37,47)(H,38,48)(H,39,45)(H,40,46). The molecule has 6 aliphatic rings. The van der Waals surface area contributed by atoms with E-state index >= 15 is 0 Å². The van der Waals surface area contributed by atoms with Crippen molar-refractivity contribution in [2.75, 3.05) is 78.5 Å². The van der Waals surface area contributed by atoms with Crippen LogP contribution in [0.3, 0.4) is 0 Å². The maximum Gasteiger partial charge on any atom is 0.221 e. The van der Waals surface area contributed by atoms with Gasteiger partial charge in [0.25, 0.3) is 0 Å². The van der Waals surface area contributed by atoms with Gasteiger partial charge in [-0.1, -0.05) is 48.5 Å². The van der Waals surface area contributed by atoms with Gasteiger partial charge in [-0.3, -0.25) is 38.8 Å². The van der Waals surface area contributed by atoms with Crippen molar-refractivity contribution >= 4 is 23.6 Å². The lowest BCUT2D eigenvalue weighted by Gasteiger charge is -2.27. The molecule has 0 spiro atoms. The molecule has 12 heteroatoms.